The zero-order valence-corrected chi connectivity index (χ0v) is 10.5. The van der Waals surface area contributed by atoms with Gasteiger partial charge in [-0.05, 0) is 31.0 Å². The van der Waals surface area contributed by atoms with Gasteiger partial charge < -0.3 is 19.9 Å². The molecular weight excluding hydrogens is 234 g/mol. The zero-order chi connectivity index (χ0) is 13.1. The van der Waals surface area contributed by atoms with E-state index < -0.39 is 0 Å². The normalized spacial score (nSPS) is 22.1. The van der Waals surface area contributed by atoms with Gasteiger partial charge in [0.25, 0.3) is 5.91 Å². The van der Waals surface area contributed by atoms with E-state index in [1.165, 1.54) is 19.2 Å². The molecule has 1 saturated carbocycles. The molecule has 0 spiro atoms. The van der Waals surface area contributed by atoms with E-state index in [-0.39, 0.29) is 29.4 Å². The summed E-state index contributed by atoms with van der Waals surface area (Å²) in [5, 5.41) is 12.5. The lowest BCUT2D eigenvalue weighted by molar-refractivity contribution is 0.0176. The van der Waals surface area contributed by atoms with Crippen molar-refractivity contribution in [1.82, 2.24) is 5.32 Å². The molecule has 1 aliphatic carbocycles. The third kappa shape index (κ3) is 2.56. The quantitative estimate of drug-likeness (QED) is 0.846. The summed E-state index contributed by atoms with van der Waals surface area (Å²) in [6.45, 7) is 0. The summed E-state index contributed by atoms with van der Waals surface area (Å²) in [4.78, 5) is 12.0. The predicted molar refractivity (Wildman–Crippen MR) is 65.9 cm³/mol. The summed E-state index contributed by atoms with van der Waals surface area (Å²) in [5.74, 6) is 0.211. The van der Waals surface area contributed by atoms with E-state index in [1.54, 1.807) is 13.2 Å². The number of benzene rings is 1. The van der Waals surface area contributed by atoms with Crippen LogP contribution in [-0.4, -0.2) is 37.4 Å². The molecule has 1 aliphatic rings. The summed E-state index contributed by atoms with van der Waals surface area (Å²) < 4.78 is 10.2. The largest absolute Gasteiger partial charge is 0.507 e. The maximum atomic E-state index is 12.0. The molecule has 1 amide bonds. The Morgan fingerprint density at radius 1 is 1.39 bits per heavy atom. The van der Waals surface area contributed by atoms with Crippen LogP contribution in [0.2, 0.25) is 0 Å². The van der Waals surface area contributed by atoms with Gasteiger partial charge >= 0.3 is 0 Å². The average Bonchev–Trinajstić information content (AvgIpc) is 2.33. The fourth-order valence-electron chi connectivity index (χ4n) is 1.96. The van der Waals surface area contributed by atoms with Crippen LogP contribution in [0.15, 0.2) is 18.2 Å². The Balaban J connectivity index is 2.00. The van der Waals surface area contributed by atoms with Crippen LogP contribution in [0.1, 0.15) is 23.2 Å². The maximum Gasteiger partial charge on any atom is 0.255 e. The van der Waals surface area contributed by atoms with Gasteiger partial charge in [0.1, 0.15) is 11.5 Å². The SMILES string of the molecule is COc1ccc(O)c(C(=O)NC2CC(OC)C2)c1. The Hall–Kier alpha value is -1.75. The van der Waals surface area contributed by atoms with Crippen molar-refractivity contribution in [1.29, 1.82) is 0 Å². The van der Waals surface area contributed by atoms with Crippen molar-refractivity contribution in [2.75, 3.05) is 14.2 Å². The number of methoxy groups -OCH3 is 2. The van der Waals surface area contributed by atoms with Crippen LogP contribution in [0.5, 0.6) is 11.5 Å². The van der Waals surface area contributed by atoms with Crippen LogP contribution in [0.25, 0.3) is 0 Å². The van der Waals surface area contributed by atoms with Crippen molar-refractivity contribution in [2.45, 2.75) is 25.0 Å². The second kappa shape index (κ2) is 5.27. The summed E-state index contributed by atoms with van der Waals surface area (Å²) in [6.07, 6.45) is 1.86. The number of nitrogens with one attached hydrogen (secondary N) is 1. The minimum atomic E-state index is -0.286. The number of carbonyl (C=O) groups is 1. The molecule has 0 bridgehead atoms. The molecule has 5 nitrogen and oxygen atoms in total. The van der Waals surface area contributed by atoms with Crippen molar-refractivity contribution < 1.29 is 19.4 Å². The van der Waals surface area contributed by atoms with Crippen molar-refractivity contribution in [3.63, 3.8) is 0 Å². The van der Waals surface area contributed by atoms with E-state index in [2.05, 4.69) is 5.32 Å². The molecule has 0 radical (unpaired) electrons. The maximum absolute atomic E-state index is 12.0. The van der Waals surface area contributed by atoms with Crippen molar-refractivity contribution in [3.05, 3.63) is 23.8 Å². The highest BCUT2D eigenvalue weighted by Crippen LogP contribution is 2.26. The third-order valence-corrected chi connectivity index (χ3v) is 3.21. The van der Waals surface area contributed by atoms with Gasteiger partial charge in [-0.15, -0.1) is 0 Å². The first-order valence-electron chi connectivity index (χ1n) is 5.84. The first kappa shape index (κ1) is 12.7. The number of carbonyl (C=O) groups excluding carboxylic acids is 1. The van der Waals surface area contributed by atoms with Gasteiger partial charge in [0.2, 0.25) is 0 Å². The number of phenols is 1. The van der Waals surface area contributed by atoms with Gasteiger partial charge in [-0.3, -0.25) is 4.79 Å². The molecule has 0 aromatic heterocycles. The smallest absolute Gasteiger partial charge is 0.255 e. The van der Waals surface area contributed by atoms with E-state index in [1.807, 2.05) is 0 Å². The highest BCUT2D eigenvalue weighted by molar-refractivity contribution is 5.97. The van der Waals surface area contributed by atoms with Crippen LogP contribution in [0.3, 0.4) is 0 Å². The first-order valence-corrected chi connectivity index (χ1v) is 5.84. The van der Waals surface area contributed by atoms with E-state index >= 15 is 0 Å². The number of aromatic hydroxyl groups is 1. The van der Waals surface area contributed by atoms with E-state index in [9.17, 15) is 9.90 Å². The summed E-state index contributed by atoms with van der Waals surface area (Å²) in [5.41, 5.74) is 0.232. The number of phenolic OH excluding ortho intramolecular Hbond substituents is 1. The van der Waals surface area contributed by atoms with Gasteiger partial charge in [0.15, 0.2) is 0 Å². The predicted octanol–water partition coefficient (Wildman–Crippen LogP) is 1.31. The van der Waals surface area contributed by atoms with Crippen LogP contribution in [0, 0.1) is 0 Å². The van der Waals surface area contributed by atoms with Gasteiger partial charge in [-0.1, -0.05) is 0 Å². The van der Waals surface area contributed by atoms with Crippen molar-refractivity contribution in [2.24, 2.45) is 0 Å². The zero-order valence-electron chi connectivity index (χ0n) is 10.5. The number of rotatable bonds is 4. The summed E-state index contributed by atoms with van der Waals surface area (Å²) >= 11 is 0. The monoisotopic (exact) mass is 251 g/mol. The molecular formula is C13H17NO4. The fourth-order valence-corrected chi connectivity index (χ4v) is 1.96. The topological polar surface area (TPSA) is 67.8 Å². The first-order chi connectivity index (χ1) is 8.63. The Morgan fingerprint density at radius 3 is 2.72 bits per heavy atom. The number of hydrogen-bond donors (Lipinski definition) is 2. The summed E-state index contributed by atoms with van der Waals surface area (Å²) in [7, 11) is 3.18. The molecule has 0 saturated heterocycles. The van der Waals surface area contributed by atoms with Gasteiger partial charge in [-0.25, -0.2) is 0 Å². The Labute approximate surface area is 106 Å². The Morgan fingerprint density at radius 2 is 2.11 bits per heavy atom. The molecule has 2 rings (SSSR count). The lowest BCUT2D eigenvalue weighted by atomic mass is 9.89. The Kier molecular flexibility index (Phi) is 3.72. The molecule has 0 aliphatic heterocycles. The second-order valence-corrected chi connectivity index (χ2v) is 4.38. The fraction of sp³-hybridized carbons (Fsp3) is 0.462. The lowest BCUT2D eigenvalue weighted by Gasteiger charge is -2.34. The molecule has 2 N–H and O–H groups in total. The number of ether oxygens (including phenoxy) is 2. The standard InChI is InChI=1S/C13H17NO4/c1-17-9-3-4-12(15)11(7-9)13(16)14-8-5-10(6-8)18-2/h3-4,7-8,10,15H,5-6H2,1-2H3,(H,14,16). The van der Waals surface area contributed by atoms with Gasteiger partial charge in [0, 0.05) is 13.2 Å². The highest BCUT2D eigenvalue weighted by atomic mass is 16.5. The minimum Gasteiger partial charge on any atom is -0.507 e. The van der Waals surface area contributed by atoms with Crippen molar-refractivity contribution >= 4 is 5.91 Å². The van der Waals surface area contributed by atoms with Gasteiger partial charge in [-0.2, -0.15) is 0 Å². The van der Waals surface area contributed by atoms with Crippen LogP contribution >= 0.6 is 0 Å². The average molecular weight is 251 g/mol. The molecule has 1 aromatic carbocycles. The highest BCUT2D eigenvalue weighted by Gasteiger charge is 2.30. The molecule has 98 valence electrons. The molecule has 1 aromatic rings. The Bertz CT molecular complexity index is 441. The van der Waals surface area contributed by atoms with Crippen LogP contribution in [-0.2, 0) is 4.74 Å². The third-order valence-electron chi connectivity index (χ3n) is 3.21. The second-order valence-electron chi connectivity index (χ2n) is 4.38. The van der Waals surface area contributed by atoms with Crippen LogP contribution in [0.4, 0.5) is 0 Å². The van der Waals surface area contributed by atoms with Gasteiger partial charge in [0.05, 0.1) is 18.8 Å². The molecule has 0 heterocycles. The van der Waals surface area contributed by atoms with Crippen LogP contribution < -0.4 is 10.1 Å². The van der Waals surface area contributed by atoms with E-state index in [0.717, 1.165) is 12.8 Å². The van der Waals surface area contributed by atoms with E-state index in [0.29, 0.717) is 5.75 Å². The number of hydrogen-bond acceptors (Lipinski definition) is 4. The number of amides is 1. The minimum absolute atomic E-state index is 0.0454. The summed E-state index contributed by atoms with van der Waals surface area (Å²) in [6, 6.07) is 4.70. The molecule has 0 atom stereocenters. The molecule has 0 unspecified atom stereocenters. The molecule has 1 fully saturated rings. The molecule has 5 heteroatoms. The lowest BCUT2D eigenvalue weighted by Crippen LogP contribution is -2.47. The van der Waals surface area contributed by atoms with Crippen molar-refractivity contribution in [3.8, 4) is 11.5 Å². The molecule has 18 heavy (non-hydrogen) atoms. The van der Waals surface area contributed by atoms with E-state index in [4.69, 9.17) is 9.47 Å².